The summed E-state index contributed by atoms with van der Waals surface area (Å²) in [6.45, 7) is 2.50. The van der Waals surface area contributed by atoms with Crippen molar-refractivity contribution in [2.45, 2.75) is 20.1 Å². The number of amides is 2. The first-order valence-corrected chi connectivity index (χ1v) is 10.5. The van der Waals surface area contributed by atoms with Crippen LogP contribution in [0.4, 0.5) is 5.69 Å². The third kappa shape index (κ3) is 6.07. The maximum absolute atomic E-state index is 12.3. The van der Waals surface area contributed by atoms with E-state index in [9.17, 15) is 9.59 Å². The van der Waals surface area contributed by atoms with Crippen LogP contribution in [-0.4, -0.2) is 17.0 Å². The van der Waals surface area contributed by atoms with Gasteiger partial charge in [-0.1, -0.05) is 53.2 Å². The first-order chi connectivity index (χ1) is 16.1. The molecule has 0 bridgehead atoms. The number of rotatable bonds is 8. The summed E-state index contributed by atoms with van der Waals surface area (Å²) in [5.41, 5.74) is 3.54. The molecule has 2 N–H and O–H groups in total. The van der Waals surface area contributed by atoms with Crippen molar-refractivity contribution >= 4 is 17.5 Å². The average Bonchev–Trinajstić information content (AvgIpc) is 3.32. The van der Waals surface area contributed by atoms with Gasteiger partial charge in [-0.2, -0.15) is 0 Å². The van der Waals surface area contributed by atoms with Gasteiger partial charge in [0.15, 0.2) is 11.5 Å². The van der Waals surface area contributed by atoms with E-state index in [4.69, 9.17) is 9.26 Å². The predicted octanol–water partition coefficient (Wildman–Crippen LogP) is 4.74. The van der Waals surface area contributed by atoms with Crippen LogP contribution in [0.1, 0.15) is 37.7 Å². The number of nitrogens with zero attached hydrogens (tertiary/aromatic N) is 1. The van der Waals surface area contributed by atoms with Gasteiger partial charge in [-0.15, -0.1) is 0 Å². The molecule has 0 saturated carbocycles. The normalized spacial score (nSPS) is 10.5. The Bertz CT molecular complexity index is 1220. The van der Waals surface area contributed by atoms with Crippen molar-refractivity contribution in [3.05, 3.63) is 113 Å². The largest absolute Gasteiger partial charge is 0.486 e. The summed E-state index contributed by atoms with van der Waals surface area (Å²) in [7, 11) is 0. The van der Waals surface area contributed by atoms with Crippen LogP contribution in [0, 0.1) is 6.92 Å². The van der Waals surface area contributed by atoms with Crippen molar-refractivity contribution in [1.29, 1.82) is 0 Å². The molecule has 0 unspecified atom stereocenters. The molecule has 7 nitrogen and oxygen atoms in total. The predicted molar refractivity (Wildman–Crippen MR) is 124 cm³/mol. The van der Waals surface area contributed by atoms with Crippen molar-refractivity contribution in [3.8, 4) is 5.75 Å². The van der Waals surface area contributed by atoms with Crippen LogP contribution in [0.5, 0.6) is 5.75 Å². The minimum atomic E-state index is -0.317. The van der Waals surface area contributed by atoms with Gasteiger partial charge < -0.3 is 19.9 Å². The second-order valence-corrected chi connectivity index (χ2v) is 7.48. The SMILES string of the molecule is Cc1ccc(C(=O)Nc2ccc(OCc3cc(C(=O)NCc4ccccc4)no3)cc2)cc1. The molecule has 0 aliphatic rings. The van der Waals surface area contributed by atoms with E-state index in [-0.39, 0.29) is 24.1 Å². The van der Waals surface area contributed by atoms with Gasteiger partial charge in [0, 0.05) is 23.9 Å². The summed E-state index contributed by atoms with van der Waals surface area (Å²) in [5.74, 6) is 0.525. The Morgan fingerprint density at radius 3 is 2.36 bits per heavy atom. The highest BCUT2D eigenvalue weighted by Gasteiger charge is 2.13. The summed E-state index contributed by atoms with van der Waals surface area (Å²) in [6.07, 6.45) is 0. The molecular formula is C26H23N3O4. The number of carbonyl (C=O) groups is 2. The van der Waals surface area contributed by atoms with Gasteiger partial charge in [-0.25, -0.2) is 0 Å². The Hall–Kier alpha value is -4.39. The van der Waals surface area contributed by atoms with Crippen LogP contribution in [0.25, 0.3) is 0 Å². The van der Waals surface area contributed by atoms with E-state index in [2.05, 4.69) is 15.8 Å². The quantitative estimate of drug-likeness (QED) is 0.412. The van der Waals surface area contributed by atoms with Crippen LogP contribution < -0.4 is 15.4 Å². The fraction of sp³-hybridized carbons (Fsp3) is 0.115. The zero-order valence-corrected chi connectivity index (χ0v) is 18.1. The minimum Gasteiger partial charge on any atom is -0.486 e. The Labute approximate surface area is 191 Å². The van der Waals surface area contributed by atoms with E-state index in [1.165, 1.54) is 0 Å². The fourth-order valence-electron chi connectivity index (χ4n) is 3.05. The first-order valence-electron chi connectivity index (χ1n) is 10.5. The topological polar surface area (TPSA) is 93.5 Å². The van der Waals surface area contributed by atoms with Gasteiger partial charge in [0.2, 0.25) is 0 Å². The van der Waals surface area contributed by atoms with E-state index < -0.39 is 0 Å². The third-order valence-corrected chi connectivity index (χ3v) is 4.89. The molecule has 0 spiro atoms. The summed E-state index contributed by atoms with van der Waals surface area (Å²) >= 11 is 0. The zero-order valence-electron chi connectivity index (χ0n) is 18.1. The molecule has 2 amide bonds. The number of aromatic nitrogens is 1. The maximum atomic E-state index is 12.3. The van der Waals surface area contributed by atoms with Crippen molar-refractivity contribution < 1.29 is 18.8 Å². The number of carbonyl (C=O) groups excluding carboxylic acids is 2. The molecule has 0 aliphatic carbocycles. The lowest BCUT2D eigenvalue weighted by Crippen LogP contribution is -2.22. The second kappa shape index (κ2) is 10.3. The van der Waals surface area contributed by atoms with Gasteiger partial charge in [0.1, 0.15) is 12.4 Å². The second-order valence-electron chi connectivity index (χ2n) is 7.48. The van der Waals surface area contributed by atoms with Crippen LogP contribution in [0.15, 0.2) is 89.5 Å². The summed E-state index contributed by atoms with van der Waals surface area (Å²) in [5, 5.41) is 9.46. The highest BCUT2D eigenvalue weighted by molar-refractivity contribution is 6.04. The van der Waals surface area contributed by atoms with Crippen LogP contribution >= 0.6 is 0 Å². The highest BCUT2D eigenvalue weighted by atomic mass is 16.5. The maximum Gasteiger partial charge on any atom is 0.273 e. The molecule has 7 heteroatoms. The minimum absolute atomic E-state index is 0.119. The van der Waals surface area contributed by atoms with Gasteiger partial charge in [-0.05, 0) is 48.9 Å². The first kappa shape index (κ1) is 21.8. The van der Waals surface area contributed by atoms with E-state index in [1.807, 2.05) is 49.4 Å². The molecule has 0 atom stereocenters. The molecule has 1 aromatic heterocycles. The fourth-order valence-corrected chi connectivity index (χ4v) is 3.05. The van der Waals surface area contributed by atoms with Crippen LogP contribution in [0.3, 0.4) is 0 Å². The average molecular weight is 441 g/mol. The van der Waals surface area contributed by atoms with E-state index in [1.54, 1.807) is 42.5 Å². The molecule has 33 heavy (non-hydrogen) atoms. The number of anilines is 1. The van der Waals surface area contributed by atoms with Gasteiger partial charge in [-0.3, -0.25) is 9.59 Å². The van der Waals surface area contributed by atoms with Gasteiger partial charge >= 0.3 is 0 Å². The summed E-state index contributed by atoms with van der Waals surface area (Å²) < 4.78 is 10.9. The lowest BCUT2D eigenvalue weighted by molar-refractivity contribution is 0.0940. The number of hydrogen-bond acceptors (Lipinski definition) is 5. The third-order valence-electron chi connectivity index (χ3n) is 4.89. The monoisotopic (exact) mass is 441 g/mol. The number of benzene rings is 3. The Morgan fingerprint density at radius 2 is 1.64 bits per heavy atom. The molecule has 1 heterocycles. The molecule has 4 rings (SSSR count). The zero-order chi connectivity index (χ0) is 23.0. The van der Waals surface area contributed by atoms with Crippen molar-refractivity contribution in [1.82, 2.24) is 10.5 Å². The standard InChI is InChI=1S/C26H23N3O4/c1-18-7-9-20(10-8-18)25(30)28-21-11-13-22(14-12-21)32-17-23-15-24(29-33-23)26(31)27-16-19-5-3-2-4-6-19/h2-15H,16-17H2,1H3,(H,27,31)(H,28,30). The number of hydrogen-bond donors (Lipinski definition) is 2. The molecule has 3 aromatic carbocycles. The van der Waals surface area contributed by atoms with Crippen molar-refractivity contribution in [2.24, 2.45) is 0 Å². The smallest absolute Gasteiger partial charge is 0.273 e. The molecule has 0 aliphatic heterocycles. The molecule has 0 fully saturated rings. The lowest BCUT2D eigenvalue weighted by atomic mass is 10.1. The molecule has 0 saturated heterocycles. The number of ether oxygens (including phenoxy) is 1. The molecule has 4 aromatic rings. The van der Waals surface area contributed by atoms with Crippen LogP contribution in [0.2, 0.25) is 0 Å². The van der Waals surface area contributed by atoms with Crippen molar-refractivity contribution in [2.75, 3.05) is 5.32 Å². The Morgan fingerprint density at radius 1 is 0.909 bits per heavy atom. The van der Waals surface area contributed by atoms with Crippen LogP contribution in [-0.2, 0) is 13.2 Å². The van der Waals surface area contributed by atoms with E-state index >= 15 is 0 Å². The summed E-state index contributed by atoms with van der Waals surface area (Å²) in [6, 6.07) is 25.5. The lowest BCUT2D eigenvalue weighted by Gasteiger charge is -2.07. The molecule has 0 radical (unpaired) electrons. The summed E-state index contributed by atoms with van der Waals surface area (Å²) in [4.78, 5) is 24.6. The van der Waals surface area contributed by atoms with E-state index in [0.29, 0.717) is 29.3 Å². The number of aryl methyl sites for hydroxylation is 1. The Balaban J connectivity index is 1.26. The van der Waals surface area contributed by atoms with E-state index in [0.717, 1.165) is 11.1 Å². The number of nitrogens with one attached hydrogen (secondary N) is 2. The Kier molecular flexibility index (Phi) is 6.80. The van der Waals surface area contributed by atoms with Gasteiger partial charge in [0.05, 0.1) is 0 Å². The van der Waals surface area contributed by atoms with Gasteiger partial charge in [0.25, 0.3) is 11.8 Å². The molecule has 166 valence electrons. The highest BCUT2D eigenvalue weighted by Crippen LogP contribution is 2.18. The molecular weight excluding hydrogens is 418 g/mol. The van der Waals surface area contributed by atoms with Crippen molar-refractivity contribution in [3.63, 3.8) is 0 Å².